The van der Waals surface area contributed by atoms with Gasteiger partial charge in [0.2, 0.25) is 0 Å². The van der Waals surface area contributed by atoms with Crippen LogP contribution >= 0.6 is 0 Å². The Kier molecular flexibility index (Phi) is 5.62. The average Bonchev–Trinajstić information content (AvgIpc) is 2.88. The first-order valence-electron chi connectivity index (χ1n) is 9.89. The van der Waals surface area contributed by atoms with Gasteiger partial charge in [-0.1, -0.05) is 36.4 Å². The van der Waals surface area contributed by atoms with Crippen LogP contribution in [0, 0.1) is 11.6 Å². The minimum Gasteiger partial charge on any atom is -0.354 e. The zero-order chi connectivity index (χ0) is 22.2. The summed E-state index contributed by atoms with van der Waals surface area (Å²) in [6, 6.07) is 12.1. The van der Waals surface area contributed by atoms with Gasteiger partial charge in [-0.2, -0.15) is 8.42 Å². The minimum atomic E-state index is -3.84. The van der Waals surface area contributed by atoms with E-state index in [9.17, 15) is 22.0 Å². The molecule has 1 amide bonds. The van der Waals surface area contributed by atoms with Crippen molar-refractivity contribution in [3.05, 3.63) is 76.9 Å². The molecule has 2 aliphatic rings. The number of carbonyl (C=O) groups is 1. The monoisotopic (exact) mass is 445 g/mol. The van der Waals surface area contributed by atoms with Gasteiger partial charge in [0.15, 0.2) is 0 Å². The molecule has 0 atom stereocenters. The highest BCUT2D eigenvalue weighted by Crippen LogP contribution is 2.33. The smallest absolute Gasteiger partial charge is 0.285 e. The fraction of sp³-hybridized carbons (Fsp3) is 0.273. The quantitative estimate of drug-likeness (QED) is 0.711. The molecule has 1 saturated heterocycles. The van der Waals surface area contributed by atoms with E-state index in [2.05, 4.69) is 4.40 Å². The van der Waals surface area contributed by atoms with Gasteiger partial charge in [-0.15, -0.1) is 4.40 Å². The lowest BCUT2D eigenvalue weighted by molar-refractivity contribution is 0.0754. The molecule has 2 aliphatic heterocycles. The average molecular weight is 445 g/mol. The van der Waals surface area contributed by atoms with Crippen molar-refractivity contribution in [2.45, 2.75) is 13.3 Å². The first kappa shape index (κ1) is 21.2. The van der Waals surface area contributed by atoms with Crippen molar-refractivity contribution in [1.29, 1.82) is 0 Å². The van der Waals surface area contributed by atoms with E-state index in [0.29, 0.717) is 43.0 Å². The van der Waals surface area contributed by atoms with Crippen molar-refractivity contribution in [1.82, 2.24) is 9.80 Å². The summed E-state index contributed by atoms with van der Waals surface area (Å²) in [5, 5.41) is 0. The van der Waals surface area contributed by atoms with E-state index in [0.717, 1.165) is 12.1 Å². The lowest BCUT2D eigenvalue weighted by atomic mass is 10.1. The highest BCUT2D eigenvalue weighted by atomic mass is 32.2. The van der Waals surface area contributed by atoms with Crippen LogP contribution in [0.4, 0.5) is 8.78 Å². The number of amidine groups is 1. The summed E-state index contributed by atoms with van der Waals surface area (Å²) in [5.41, 5.74) is 0.547. The maximum absolute atomic E-state index is 14.0. The van der Waals surface area contributed by atoms with Gasteiger partial charge < -0.3 is 9.80 Å². The molecule has 0 N–H and O–H groups in total. The molecule has 1 fully saturated rings. The molecule has 0 spiro atoms. The SMILES string of the molecule is CC1=C(c2ccccc2)S(=O)(=O)N=C1N1CCCN(C(=O)c2c(F)cccc2F)CC1. The molecule has 4 rings (SSSR count). The number of nitrogens with zero attached hydrogens (tertiary/aromatic N) is 3. The van der Waals surface area contributed by atoms with Gasteiger partial charge >= 0.3 is 0 Å². The maximum atomic E-state index is 14.0. The van der Waals surface area contributed by atoms with Crippen molar-refractivity contribution < 1.29 is 22.0 Å². The molecule has 2 heterocycles. The van der Waals surface area contributed by atoms with E-state index in [1.165, 1.54) is 11.0 Å². The van der Waals surface area contributed by atoms with Crippen LogP contribution in [0.1, 0.15) is 29.3 Å². The van der Waals surface area contributed by atoms with Crippen LogP contribution < -0.4 is 0 Å². The number of hydrogen-bond acceptors (Lipinski definition) is 4. The first-order chi connectivity index (χ1) is 14.8. The molecule has 0 unspecified atom stereocenters. The topological polar surface area (TPSA) is 70.1 Å². The second-order valence-electron chi connectivity index (χ2n) is 7.44. The Morgan fingerprint density at radius 1 is 0.935 bits per heavy atom. The second-order valence-corrected chi connectivity index (χ2v) is 8.98. The fourth-order valence-electron chi connectivity index (χ4n) is 3.97. The second kappa shape index (κ2) is 8.22. The van der Waals surface area contributed by atoms with E-state index in [-0.39, 0.29) is 11.4 Å². The van der Waals surface area contributed by atoms with Gasteiger partial charge in [0.1, 0.15) is 27.9 Å². The number of rotatable bonds is 2. The highest BCUT2D eigenvalue weighted by Gasteiger charge is 2.34. The minimum absolute atomic E-state index is 0.175. The summed E-state index contributed by atoms with van der Waals surface area (Å²) in [6.07, 6.45) is 0.509. The van der Waals surface area contributed by atoms with Crippen molar-refractivity contribution in [2.24, 2.45) is 4.40 Å². The van der Waals surface area contributed by atoms with Gasteiger partial charge in [-0.05, 0) is 31.0 Å². The number of sulfonamides is 1. The number of hydrogen-bond donors (Lipinski definition) is 0. The van der Waals surface area contributed by atoms with Gasteiger partial charge in [-0.25, -0.2) is 8.78 Å². The number of carbonyl (C=O) groups excluding carboxylic acids is 1. The Morgan fingerprint density at radius 3 is 2.29 bits per heavy atom. The van der Waals surface area contributed by atoms with E-state index >= 15 is 0 Å². The Morgan fingerprint density at radius 2 is 1.61 bits per heavy atom. The Balaban J connectivity index is 1.57. The van der Waals surface area contributed by atoms with Crippen LogP contribution in [-0.2, 0) is 10.0 Å². The summed E-state index contributed by atoms with van der Waals surface area (Å²) in [7, 11) is -3.84. The summed E-state index contributed by atoms with van der Waals surface area (Å²) < 4.78 is 57.5. The molecule has 6 nitrogen and oxygen atoms in total. The molecule has 2 aromatic rings. The first-order valence-corrected chi connectivity index (χ1v) is 11.3. The van der Waals surface area contributed by atoms with E-state index in [4.69, 9.17) is 0 Å². The molecule has 9 heteroatoms. The molecule has 0 bridgehead atoms. The van der Waals surface area contributed by atoms with E-state index < -0.39 is 33.1 Å². The zero-order valence-corrected chi connectivity index (χ0v) is 17.7. The van der Waals surface area contributed by atoms with Crippen molar-refractivity contribution in [2.75, 3.05) is 26.2 Å². The summed E-state index contributed by atoms with van der Waals surface area (Å²) in [6.45, 7) is 2.98. The third-order valence-corrected chi connectivity index (χ3v) is 6.91. The molecular formula is C22H21F2N3O3S. The van der Waals surface area contributed by atoms with Crippen molar-refractivity contribution in [3.8, 4) is 0 Å². The summed E-state index contributed by atoms with van der Waals surface area (Å²) in [5.74, 6) is -2.16. The van der Waals surface area contributed by atoms with Crippen LogP contribution in [0.3, 0.4) is 0 Å². The third kappa shape index (κ3) is 3.97. The van der Waals surface area contributed by atoms with E-state index in [1.54, 1.807) is 31.2 Å². The lowest BCUT2D eigenvalue weighted by Crippen LogP contribution is -2.38. The molecule has 0 aliphatic carbocycles. The third-order valence-electron chi connectivity index (χ3n) is 5.44. The fourth-order valence-corrected chi connectivity index (χ4v) is 5.45. The van der Waals surface area contributed by atoms with E-state index in [1.807, 2.05) is 11.0 Å². The molecule has 0 aromatic heterocycles. The number of amides is 1. The maximum Gasteiger partial charge on any atom is 0.285 e. The predicted molar refractivity (Wildman–Crippen MR) is 114 cm³/mol. The predicted octanol–water partition coefficient (Wildman–Crippen LogP) is 3.29. The van der Waals surface area contributed by atoms with Gasteiger partial charge in [0.05, 0.1) is 0 Å². The van der Waals surface area contributed by atoms with Crippen LogP contribution in [0.15, 0.2) is 58.5 Å². The molecule has 2 aromatic carbocycles. The molecule has 31 heavy (non-hydrogen) atoms. The summed E-state index contributed by atoms with van der Waals surface area (Å²) in [4.78, 5) is 16.1. The molecule has 0 saturated carbocycles. The normalized spacial score (nSPS) is 18.7. The largest absolute Gasteiger partial charge is 0.354 e. The van der Waals surface area contributed by atoms with Gasteiger partial charge in [0, 0.05) is 31.8 Å². The molecule has 0 radical (unpaired) electrons. The molecule has 162 valence electrons. The Bertz CT molecular complexity index is 1170. The van der Waals surface area contributed by atoms with Crippen molar-refractivity contribution in [3.63, 3.8) is 0 Å². The summed E-state index contributed by atoms with van der Waals surface area (Å²) >= 11 is 0. The molecular weight excluding hydrogens is 424 g/mol. The Labute approximate surface area is 179 Å². The van der Waals surface area contributed by atoms with Crippen LogP contribution in [0.5, 0.6) is 0 Å². The highest BCUT2D eigenvalue weighted by molar-refractivity contribution is 8.00. The van der Waals surface area contributed by atoms with Gasteiger partial charge in [0.25, 0.3) is 15.9 Å². The van der Waals surface area contributed by atoms with Crippen LogP contribution in [0.25, 0.3) is 4.91 Å². The van der Waals surface area contributed by atoms with Crippen molar-refractivity contribution >= 4 is 26.7 Å². The zero-order valence-electron chi connectivity index (χ0n) is 16.9. The van der Waals surface area contributed by atoms with Crippen LogP contribution in [0.2, 0.25) is 0 Å². The lowest BCUT2D eigenvalue weighted by Gasteiger charge is -2.24. The van der Waals surface area contributed by atoms with Crippen LogP contribution in [-0.4, -0.2) is 56.1 Å². The van der Waals surface area contributed by atoms with Gasteiger partial charge in [-0.3, -0.25) is 4.79 Å². The Hall–Kier alpha value is -3.07. The number of benzene rings is 2. The number of halogens is 2. The standard InChI is InChI=1S/C22H21F2N3O3S/c1-15-20(16-7-3-2-4-8-16)31(29,30)25-21(15)26-11-6-12-27(14-13-26)22(28)19-17(23)9-5-10-18(19)24/h2-5,7-10H,6,11-14H2,1H3.